The van der Waals surface area contributed by atoms with Crippen molar-refractivity contribution in [1.29, 1.82) is 0 Å². The molecule has 1 unspecified atom stereocenters. The molecule has 0 spiro atoms. The van der Waals surface area contributed by atoms with Crippen LogP contribution in [0.2, 0.25) is 5.02 Å². The number of carbonyl (C=O) groups is 1. The summed E-state index contributed by atoms with van der Waals surface area (Å²) in [4.78, 5) is 32.7. The van der Waals surface area contributed by atoms with Gasteiger partial charge in [-0.25, -0.2) is 4.39 Å². The number of nitrogens with zero attached hydrogens (tertiary/aromatic N) is 6. The average molecular weight is 605 g/mol. The SMILES string of the molecule is COc1nc(N2CCN(C(=O)/C=C/C(C)N3CCOC[C@H]3C)CC2)c2cnc(-c3cccc4cccc(Cl)c34)c(F)c2n1. The lowest BCUT2D eigenvalue weighted by molar-refractivity contribution is -0.126. The number of anilines is 1. The van der Waals surface area contributed by atoms with Crippen molar-refractivity contribution in [3.05, 3.63) is 65.6 Å². The minimum Gasteiger partial charge on any atom is -0.467 e. The first-order chi connectivity index (χ1) is 20.9. The topological polar surface area (TPSA) is 83.9 Å². The molecule has 0 aliphatic carbocycles. The molecule has 2 aromatic carbocycles. The summed E-state index contributed by atoms with van der Waals surface area (Å²) in [5.41, 5.74) is 0.851. The first-order valence-corrected chi connectivity index (χ1v) is 14.9. The van der Waals surface area contributed by atoms with Crippen LogP contribution in [0, 0.1) is 5.82 Å². The Bertz CT molecular complexity index is 1690. The van der Waals surface area contributed by atoms with Crippen LogP contribution in [-0.2, 0) is 9.53 Å². The number of pyridine rings is 1. The number of rotatable bonds is 6. The molecule has 11 heteroatoms. The molecular weight excluding hydrogens is 571 g/mol. The average Bonchev–Trinajstić information content (AvgIpc) is 3.03. The van der Waals surface area contributed by atoms with Crippen LogP contribution in [0.5, 0.6) is 6.01 Å². The number of methoxy groups -OCH3 is 1. The quantitative estimate of drug-likeness (QED) is 0.286. The number of benzene rings is 2. The highest BCUT2D eigenvalue weighted by Gasteiger charge is 2.27. The van der Waals surface area contributed by atoms with Crippen molar-refractivity contribution in [3.8, 4) is 17.3 Å². The molecule has 0 saturated carbocycles. The Hall–Kier alpha value is -3.86. The molecule has 0 N–H and O–H groups in total. The third-order valence-corrected chi connectivity index (χ3v) is 8.60. The second kappa shape index (κ2) is 12.4. The van der Waals surface area contributed by atoms with Gasteiger partial charge in [0.2, 0.25) is 5.91 Å². The van der Waals surface area contributed by atoms with Crippen molar-refractivity contribution < 1.29 is 18.7 Å². The van der Waals surface area contributed by atoms with Crippen molar-refractivity contribution in [3.63, 3.8) is 0 Å². The zero-order valence-electron chi connectivity index (χ0n) is 24.5. The minimum atomic E-state index is -0.575. The summed E-state index contributed by atoms with van der Waals surface area (Å²) in [6, 6.07) is 11.7. The second-order valence-electron chi connectivity index (χ2n) is 10.9. The highest BCUT2D eigenvalue weighted by molar-refractivity contribution is 6.36. The summed E-state index contributed by atoms with van der Waals surface area (Å²) < 4.78 is 27.1. The van der Waals surface area contributed by atoms with E-state index in [1.165, 1.54) is 7.11 Å². The van der Waals surface area contributed by atoms with E-state index in [2.05, 4.69) is 33.7 Å². The van der Waals surface area contributed by atoms with Gasteiger partial charge in [0.05, 0.1) is 25.7 Å². The maximum Gasteiger partial charge on any atom is 0.318 e. The third kappa shape index (κ3) is 5.74. The van der Waals surface area contributed by atoms with Crippen molar-refractivity contribution in [2.45, 2.75) is 25.9 Å². The molecule has 2 aromatic heterocycles. The van der Waals surface area contributed by atoms with E-state index in [1.807, 2.05) is 40.1 Å². The molecule has 0 radical (unpaired) electrons. The van der Waals surface area contributed by atoms with Crippen molar-refractivity contribution >= 4 is 45.0 Å². The number of hydrogen-bond donors (Lipinski definition) is 0. The Labute approximate surface area is 254 Å². The fraction of sp³-hybridized carbons (Fsp3) is 0.375. The normalized spacial score (nSPS) is 19.0. The molecule has 9 nitrogen and oxygen atoms in total. The van der Waals surface area contributed by atoms with Crippen LogP contribution in [0.3, 0.4) is 0 Å². The van der Waals surface area contributed by atoms with Crippen molar-refractivity contribution in [2.75, 3.05) is 57.9 Å². The second-order valence-corrected chi connectivity index (χ2v) is 11.3. The van der Waals surface area contributed by atoms with E-state index in [0.29, 0.717) is 67.2 Å². The Morgan fingerprint density at radius 3 is 2.65 bits per heavy atom. The Morgan fingerprint density at radius 1 is 1.14 bits per heavy atom. The lowest BCUT2D eigenvalue weighted by atomic mass is 10.0. The fourth-order valence-corrected chi connectivity index (χ4v) is 6.24. The molecule has 2 fully saturated rings. The maximum absolute atomic E-state index is 16.2. The van der Waals surface area contributed by atoms with Crippen LogP contribution in [0.15, 0.2) is 54.7 Å². The minimum absolute atomic E-state index is 0.0244. The predicted molar refractivity (Wildman–Crippen MR) is 166 cm³/mol. The highest BCUT2D eigenvalue weighted by Crippen LogP contribution is 2.37. The molecule has 2 saturated heterocycles. The molecule has 1 amide bonds. The van der Waals surface area contributed by atoms with Crippen molar-refractivity contribution in [1.82, 2.24) is 24.8 Å². The molecule has 2 aliphatic heterocycles. The molecule has 0 bridgehead atoms. The summed E-state index contributed by atoms with van der Waals surface area (Å²) in [6.45, 7) is 8.54. The lowest BCUT2D eigenvalue weighted by Gasteiger charge is -2.37. The zero-order valence-corrected chi connectivity index (χ0v) is 25.2. The molecule has 2 atom stereocenters. The van der Waals surface area contributed by atoms with Gasteiger partial charge in [-0.05, 0) is 25.3 Å². The van der Waals surface area contributed by atoms with Gasteiger partial charge in [-0.2, -0.15) is 9.97 Å². The largest absolute Gasteiger partial charge is 0.467 e. The summed E-state index contributed by atoms with van der Waals surface area (Å²) in [5.74, 6) is -0.0773. The fourth-order valence-electron chi connectivity index (χ4n) is 5.96. The van der Waals surface area contributed by atoms with Crippen LogP contribution >= 0.6 is 11.6 Å². The number of aromatic nitrogens is 3. The highest BCUT2D eigenvalue weighted by atomic mass is 35.5. The van der Waals surface area contributed by atoms with Gasteiger partial charge in [0.15, 0.2) is 5.82 Å². The predicted octanol–water partition coefficient (Wildman–Crippen LogP) is 4.96. The molecule has 224 valence electrons. The summed E-state index contributed by atoms with van der Waals surface area (Å²) in [5, 5.41) is 2.60. The Morgan fingerprint density at radius 2 is 1.91 bits per heavy atom. The van der Waals surface area contributed by atoms with Gasteiger partial charge >= 0.3 is 6.01 Å². The van der Waals surface area contributed by atoms with Crippen LogP contribution < -0.4 is 9.64 Å². The van der Waals surface area contributed by atoms with Gasteiger partial charge in [0.1, 0.15) is 17.0 Å². The monoisotopic (exact) mass is 604 g/mol. The van der Waals surface area contributed by atoms with Crippen molar-refractivity contribution in [2.24, 2.45) is 0 Å². The molecule has 2 aliphatic rings. The van der Waals surface area contributed by atoms with E-state index in [4.69, 9.17) is 21.1 Å². The molecule has 4 heterocycles. The van der Waals surface area contributed by atoms with Crippen LogP contribution in [0.4, 0.5) is 10.2 Å². The maximum atomic E-state index is 16.2. The third-order valence-electron chi connectivity index (χ3n) is 8.29. The van der Waals surface area contributed by atoms with Gasteiger partial charge in [-0.1, -0.05) is 48.0 Å². The zero-order chi connectivity index (χ0) is 30.1. The first-order valence-electron chi connectivity index (χ1n) is 14.5. The van der Waals surface area contributed by atoms with E-state index in [0.717, 1.165) is 17.3 Å². The summed E-state index contributed by atoms with van der Waals surface area (Å²) in [7, 11) is 1.46. The van der Waals surface area contributed by atoms with Gasteiger partial charge in [0.25, 0.3) is 0 Å². The van der Waals surface area contributed by atoms with Gasteiger partial charge < -0.3 is 19.3 Å². The standard InChI is InChI=1S/C32H34ClFN6O3/c1-20(40-16-17-43-19-21(40)2)10-11-26(41)38-12-14-39(15-13-38)31-24-18-35-29(28(34)30(24)36-32(37-31)42-3)23-8-4-6-22-7-5-9-25(33)27(22)23/h4-11,18,20-21H,12-17,19H2,1-3H3/b11-10+/t20?,21-/m1/s1. The molecular formula is C32H34ClFN6O3. The molecule has 43 heavy (non-hydrogen) atoms. The van der Waals surface area contributed by atoms with E-state index >= 15 is 4.39 Å². The van der Waals surface area contributed by atoms with Crippen LogP contribution in [0.1, 0.15) is 13.8 Å². The van der Waals surface area contributed by atoms with Gasteiger partial charge in [0, 0.05) is 73.1 Å². The summed E-state index contributed by atoms with van der Waals surface area (Å²) >= 11 is 6.53. The molecule has 6 rings (SSSR count). The number of carbonyl (C=O) groups excluding carboxylic acids is 1. The van der Waals surface area contributed by atoms with Gasteiger partial charge in [-0.3, -0.25) is 14.7 Å². The number of halogens is 2. The van der Waals surface area contributed by atoms with Crippen LogP contribution in [0.25, 0.3) is 32.9 Å². The van der Waals surface area contributed by atoms with Crippen LogP contribution in [-0.4, -0.2) is 95.8 Å². The smallest absolute Gasteiger partial charge is 0.318 e. The molecule has 4 aromatic rings. The van der Waals surface area contributed by atoms with E-state index in [1.54, 1.807) is 24.4 Å². The number of morpholine rings is 1. The number of ether oxygens (including phenoxy) is 2. The van der Waals surface area contributed by atoms with E-state index < -0.39 is 5.82 Å². The number of amides is 1. The Balaban J connectivity index is 1.24. The van der Waals surface area contributed by atoms with E-state index in [-0.39, 0.29) is 29.2 Å². The van der Waals surface area contributed by atoms with Gasteiger partial charge in [-0.15, -0.1) is 0 Å². The number of piperazine rings is 1. The summed E-state index contributed by atoms with van der Waals surface area (Å²) in [6.07, 6.45) is 5.24. The van der Waals surface area contributed by atoms with E-state index in [9.17, 15) is 4.79 Å². The lowest BCUT2D eigenvalue weighted by Crippen LogP contribution is -2.49. The first kappa shape index (κ1) is 29.2. The number of fused-ring (bicyclic) bond motifs is 2. The number of hydrogen-bond acceptors (Lipinski definition) is 8. The Kier molecular flexibility index (Phi) is 8.43.